The predicted molar refractivity (Wildman–Crippen MR) is 127 cm³/mol. The van der Waals surface area contributed by atoms with Gasteiger partial charge in [0.05, 0.1) is 17.1 Å². The molecule has 0 saturated carbocycles. The standard InChI is InChI=1S/C25H19N5O2/c26-21-16-20(27-17-10-4-1-5-11-17)22-23(28-21)29(18-12-6-2-7-13-18)25(32)30(24(22)31)19-14-8-3-9-15-19/h1-16H,(H3,26,27,28). The highest BCUT2D eigenvalue weighted by Crippen LogP contribution is 2.26. The van der Waals surface area contributed by atoms with Crippen LogP contribution in [0.3, 0.4) is 0 Å². The van der Waals surface area contributed by atoms with E-state index in [1.54, 1.807) is 42.5 Å². The van der Waals surface area contributed by atoms with Crippen LogP contribution in [0.2, 0.25) is 0 Å². The average Bonchev–Trinajstić information content (AvgIpc) is 2.81. The SMILES string of the molecule is Nc1cc(Nc2ccccc2)c2c(=O)n(-c3ccccc3)c(=O)n(-c3ccccc3)c2n1. The molecule has 156 valence electrons. The van der Waals surface area contributed by atoms with Crippen LogP contribution >= 0.6 is 0 Å². The van der Waals surface area contributed by atoms with E-state index in [-0.39, 0.29) is 16.9 Å². The molecule has 5 rings (SSSR count). The number of nitrogen functional groups attached to an aromatic ring is 1. The van der Waals surface area contributed by atoms with Gasteiger partial charge in [-0.05, 0) is 36.4 Å². The maximum atomic E-state index is 13.7. The summed E-state index contributed by atoms with van der Waals surface area (Å²) in [7, 11) is 0. The van der Waals surface area contributed by atoms with Crippen molar-refractivity contribution >= 4 is 28.2 Å². The molecule has 2 heterocycles. The molecule has 3 aromatic carbocycles. The maximum absolute atomic E-state index is 13.7. The first-order valence-corrected chi connectivity index (χ1v) is 10.0. The molecule has 7 heteroatoms. The van der Waals surface area contributed by atoms with Crippen LogP contribution in [0.4, 0.5) is 17.2 Å². The zero-order valence-electron chi connectivity index (χ0n) is 17.0. The molecule has 0 radical (unpaired) electrons. The molecular weight excluding hydrogens is 402 g/mol. The van der Waals surface area contributed by atoms with Crippen molar-refractivity contribution in [3.8, 4) is 11.4 Å². The molecular formula is C25H19N5O2. The number of nitrogens with zero attached hydrogens (tertiary/aromatic N) is 3. The third kappa shape index (κ3) is 3.31. The van der Waals surface area contributed by atoms with Gasteiger partial charge in [-0.3, -0.25) is 4.79 Å². The van der Waals surface area contributed by atoms with Crippen LogP contribution in [-0.4, -0.2) is 14.1 Å². The van der Waals surface area contributed by atoms with E-state index in [1.807, 2.05) is 54.6 Å². The molecule has 0 spiro atoms. The van der Waals surface area contributed by atoms with Gasteiger partial charge in [0.1, 0.15) is 11.2 Å². The Morgan fingerprint density at radius 1 is 0.719 bits per heavy atom. The summed E-state index contributed by atoms with van der Waals surface area (Å²) in [5.74, 6) is 0.192. The number of pyridine rings is 1. The van der Waals surface area contributed by atoms with Gasteiger partial charge in [0.2, 0.25) is 0 Å². The highest BCUT2D eigenvalue weighted by Gasteiger charge is 2.20. The lowest BCUT2D eigenvalue weighted by Crippen LogP contribution is -2.39. The summed E-state index contributed by atoms with van der Waals surface area (Å²) < 4.78 is 2.57. The van der Waals surface area contributed by atoms with Gasteiger partial charge in [-0.2, -0.15) is 0 Å². The van der Waals surface area contributed by atoms with E-state index in [9.17, 15) is 9.59 Å². The fourth-order valence-corrected chi connectivity index (χ4v) is 3.70. The van der Waals surface area contributed by atoms with E-state index in [0.29, 0.717) is 17.1 Å². The quantitative estimate of drug-likeness (QED) is 0.459. The minimum atomic E-state index is -0.524. The van der Waals surface area contributed by atoms with Gasteiger partial charge in [0.25, 0.3) is 5.56 Å². The summed E-state index contributed by atoms with van der Waals surface area (Å²) in [6.45, 7) is 0. The molecule has 32 heavy (non-hydrogen) atoms. The first kappa shape index (κ1) is 19.3. The lowest BCUT2D eigenvalue weighted by molar-refractivity contribution is 0.827. The van der Waals surface area contributed by atoms with E-state index in [4.69, 9.17) is 5.73 Å². The van der Waals surface area contributed by atoms with Gasteiger partial charge in [-0.1, -0.05) is 54.6 Å². The van der Waals surface area contributed by atoms with Crippen molar-refractivity contribution in [2.75, 3.05) is 11.1 Å². The van der Waals surface area contributed by atoms with Crippen molar-refractivity contribution in [2.45, 2.75) is 0 Å². The predicted octanol–water partition coefficient (Wildman–Crippen LogP) is 3.86. The molecule has 0 aliphatic heterocycles. The van der Waals surface area contributed by atoms with Crippen LogP contribution in [0.1, 0.15) is 0 Å². The van der Waals surface area contributed by atoms with E-state index in [1.165, 1.54) is 4.57 Å². The highest BCUT2D eigenvalue weighted by molar-refractivity contribution is 5.93. The molecule has 0 aliphatic rings. The van der Waals surface area contributed by atoms with E-state index < -0.39 is 11.2 Å². The van der Waals surface area contributed by atoms with Crippen LogP contribution in [0, 0.1) is 0 Å². The Balaban J connectivity index is 1.92. The molecule has 0 unspecified atom stereocenters. The molecule has 0 fully saturated rings. The second kappa shape index (κ2) is 7.88. The van der Waals surface area contributed by atoms with Gasteiger partial charge in [0, 0.05) is 11.8 Å². The minimum Gasteiger partial charge on any atom is -0.384 e. The summed E-state index contributed by atoms with van der Waals surface area (Å²) in [6, 6.07) is 28.9. The van der Waals surface area contributed by atoms with Crippen molar-refractivity contribution in [3.63, 3.8) is 0 Å². The van der Waals surface area contributed by atoms with Crippen LogP contribution in [0.5, 0.6) is 0 Å². The number of aromatic nitrogens is 3. The number of anilines is 3. The topological polar surface area (TPSA) is 94.9 Å². The fourth-order valence-electron chi connectivity index (χ4n) is 3.70. The third-order valence-corrected chi connectivity index (χ3v) is 5.11. The summed E-state index contributed by atoms with van der Waals surface area (Å²) in [6.07, 6.45) is 0. The van der Waals surface area contributed by atoms with Crippen LogP contribution < -0.4 is 22.3 Å². The molecule has 7 nitrogen and oxygen atoms in total. The van der Waals surface area contributed by atoms with Crippen molar-refractivity contribution in [1.29, 1.82) is 0 Å². The smallest absolute Gasteiger partial charge is 0.341 e. The number of nitrogens with one attached hydrogen (secondary N) is 1. The number of nitrogens with two attached hydrogens (primary N) is 1. The number of para-hydroxylation sites is 3. The lowest BCUT2D eigenvalue weighted by Gasteiger charge is -2.17. The Labute approximate surface area is 183 Å². The Bertz CT molecular complexity index is 1530. The van der Waals surface area contributed by atoms with Crippen molar-refractivity contribution in [2.24, 2.45) is 0 Å². The van der Waals surface area contributed by atoms with Crippen LogP contribution in [0.15, 0.2) is 107 Å². The van der Waals surface area contributed by atoms with Crippen molar-refractivity contribution in [3.05, 3.63) is 118 Å². The van der Waals surface area contributed by atoms with E-state index in [0.717, 1.165) is 10.3 Å². The van der Waals surface area contributed by atoms with Gasteiger partial charge in [0.15, 0.2) is 5.65 Å². The van der Waals surface area contributed by atoms with Crippen molar-refractivity contribution in [1.82, 2.24) is 14.1 Å². The largest absolute Gasteiger partial charge is 0.384 e. The normalized spacial score (nSPS) is 10.9. The highest BCUT2D eigenvalue weighted by atomic mass is 16.2. The summed E-state index contributed by atoms with van der Waals surface area (Å²) in [5, 5.41) is 3.52. The van der Waals surface area contributed by atoms with Crippen molar-refractivity contribution < 1.29 is 0 Å². The van der Waals surface area contributed by atoms with Crippen LogP contribution in [0.25, 0.3) is 22.4 Å². The zero-order chi connectivity index (χ0) is 22.1. The van der Waals surface area contributed by atoms with E-state index in [2.05, 4.69) is 10.3 Å². The monoisotopic (exact) mass is 421 g/mol. The van der Waals surface area contributed by atoms with Gasteiger partial charge in [-0.25, -0.2) is 18.9 Å². The first-order valence-electron chi connectivity index (χ1n) is 10.0. The second-order valence-electron chi connectivity index (χ2n) is 7.21. The van der Waals surface area contributed by atoms with Gasteiger partial charge < -0.3 is 11.1 Å². The molecule has 0 atom stereocenters. The van der Waals surface area contributed by atoms with Gasteiger partial charge in [-0.15, -0.1) is 0 Å². The second-order valence-corrected chi connectivity index (χ2v) is 7.21. The number of hydrogen-bond donors (Lipinski definition) is 2. The number of benzene rings is 3. The lowest BCUT2D eigenvalue weighted by atomic mass is 10.2. The zero-order valence-corrected chi connectivity index (χ0v) is 17.0. The number of hydrogen-bond acceptors (Lipinski definition) is 5. The van der Waals surface area contributed by atoms with Crippen LogP contribution in [-0.2, 0) is 0 Å². The molecule has 0 aliphatic carbocycles. The number of fused-ring (bicyclic) bond motifs is 1. The Hall–Kier alpha value is -4.65. The number of rotatable bonds is 4. The summed E-state index contributed by atoms with van der Waals surface area (Å²) in [5.41, 5.74) is 7.59. The molecule has 0 saturated heterocycles. The maximum Gasteiger partial charge on any atom is 0.341 e. The summed E-state index contributed by atoms with van der Waals surface area (Å²) >= 11 is 0. The van der Waals surface area contributed by atoms with E-state index >= 15 is 0 Å². The Morgan fingerprint density at radius 3 is 1.84 bits per heavy atom. The molecule has 0 bridgehead atoms. The molecule has 0 amide bonds. The molecule has 2 aromatic heterocycles. The average molecular weight is 421 g/mol. The third-order valence-electron chi connectivity index (χ3n) is 5.11. The molecule has 5 aromatic rings. The minimum absolute atomic E-state index is 0.191. The fraction of sp³-hybridized carbons (Fsp3) is 0. The molecule has 3 N–H and O–H groups in total. The first-order chi connectivity index (χ1) is 15.6. The Kier molecular flexibility index (Phi) is 4.76. The van der Waals surface area contributed by atoms with Gasteiger partial charge >= 0.3 is 5.69 Å². The Morgan fingerprint density at radius 2 is 1.25 bits per heavy atom. The summed E-state index contributed by atoms with van der Waals surface area (Å²) in [4.78, 5) is 31.7.